The van der Waals surface area contributed by atoms with Crippen LogP contribution in [-0.4, -0.2) is 23.8 Å². The molecule has 0 rings (SSSR count). The van der Waals surface area contributed by atoms with E-state index in [2.05, 4.69) is 6.92 Å². The van der Waals surface area contributed by atoms with Crippen LogP contribution in [0.15, 0.2) is 0 Å². The molecule has 3 nitrogen and oxygen atoms in total. The van der Waals surface area contributed by atoms with Crippen molar-refractivity contribution in [2.75, 3.05) is 6.61 Å². The predicted molar refractivity (Wildman–Crippen MR) is 69.8 cm³/mol. The van der Waals surface area contributed by atoms with Crippen molar-refractivity contribution in [2.45, 2.75) is 71.8 Å². The highest BCUT2D eigenvalue weighted by Gasteiger charge is 2.10. The third-order valence-electron chi connectivity index (χ3n) is 2.83. The van der Waals surface area contributed by atoms with Gasteiger partial charge in [0.05, 0.1) is 6.10 Å². The Hall–Kier alpha value is -0.570. The largest absolute Gasteiger partial charge is 0.463 e. The molecule has 0 aliphatic carbocycles. The van der Waals surface area contributed by atoms with Crippen molar-refractivity contribution in [1.29, 1.82) is 0 Å². The Morgan fingerprint density at radius 1 is 1.18 bits per heavy atom. The van der Waals surface area contributed by atoms with E-state index in [1.807, 2.05) is 13.8 Å². The lowest BCUT2D eigenvalue weighted by atomic mass is 9.92. The minimum atomic E-state index is -0.0857. The summed E-state index contributed by atoms with van der Waals surface area (Å²) in [5.41, 5.74) is 0. The van der Waals surface area contributed by atoms with E-state index in [-0.39, 0.29) is 18.7 Å². The number of rotatable bonds is 10. The van der Waals surface area contributed by atoms with E-state index in [1.165, 1.54) is 12.8 Å². The molecule has 0 aromatic carbocycles. The van der Waals surface area contributed by atoms with Crippen LogP contribution in [0.2, 0.25) is 0 Å². The lowest BCUT2D eigenvalue weighted by Crippen LogP contribution is -2.11. The van der Waals surface area contributed by atoms with Crippen molar-refractivity contribution in [3.63, 3.8) is 0 Å². The number of aliphatic hydroxyl groups excluding tert-OH is 1. The lowest BCUT2D eigenvalue weighted by Gasteiger charge is -2.15. The Bertz CT molecular complexity index is 190. The Labute approximate surface area is 106 Å². The topological polar surface area (TPSA) is 46.5 Å². The molecule has 1 N–H and O–H groups in total. The summed E-state index contributed by atoms with van der Waals surface area (Å²) in [6, 6.07) is 0. The summed E-state index contributed by atoms with van der Waals surface area (Å²) < 4.78 is 5.09. The van der Waals surface area contributed by atoms with Crippen molar-refractivity contribution >= 4 is 5.97 Å². The van der Waals surface area contributed by atoms with Crippen molar-refractivity contribution in [3.8, 4) is 0 Å². The fourth-order valence-corrected chi connectivity index (χ4v) is 2.08. The number of carbonyl (C=O) groups excluding carboxylic acids is 1. The SMILES string of the molecule is CCCC(CCCO)CCCC(=O)OC(C)C. The summed E-state index contributed by atoms with van der Waals surface area (Å²) >= 11 is 0. The zero-order valence-corrected chi connectivity index (χ0v) is 11.6. The first-order valence-corrected chi connectivity index (χ1v) is 6.90. The summed E-state index contributed by atoms with van der Waals surface area (Å²) in [4.78, 5) is 11.3. The molecule has 1 unspecified atom stereocenters. The van der Waals surface area contributed by atoms with E-state index in [9.17, 15) is 4.79 Å². The number of aliphatic hydroxyl groups is 1. The highest BCUT2D eigenvalue weighted by Crippen LogP contribution is 2.20. The molecule has 3 heteroatoms. The maximum atomic E-state index is 11.3. The maximum absolute atomic E-state index is 11.3. The molecule has 0 aliphatic heterocycles. The van der Waals surface area contributed by atoms with Crippen LogP contribution in [0.1, 0.15) is 65.7 Å². The van der Waals surface area contributed by atoms with Crippen LogP contribution in [0.5, 0.6) is 0 Å². The molecule has 0 heterocycles. The first kappa shape index (κ1) is 16.4. The minimum absolute atomic E-state index is 0.0108. The molecule has 0 fully saturated rings. The van der Waals surface area contributed by atoms with Gasteiger partial charge in [0.15, 0.2) is 0 Å². The molecule has 0 aromatic rings. The average molecular weight is 244 g/mol. The van der Waals surface area contributed by atoms with Crippen LogP contribution < -0.4 is 0 Å². The third-order valence-corrected chi connectivity index (χ3v) is 2.83. The number of hydrogen-bond donors (Lipinski definition) is 1. The van der Waals surface area contributed by atoms with Crippen LogP contribution in [0.3, 0.4) is 0 Å². The molecular formula is C14H28O3. The number of esters is 1. The van der Waals surface area contributed by atoms with Crippen LogP contribution in [-0.2, 0) is 9.53 Å². The van der Waals surface area contributed by atoms with Gasteiger partial charge in [-0.15, -0.1) is 0 Å². The van der Waals surface area contributed by atoms with Crippen molar-refractivity contribution in [1.82, 2.24) is 0 Å². The van der Waals surface area contributed by atoms with Gasteiger partial charge in [0.25, 0.3) is 0 Å². The molecule has 0 amide bonds. The number of hydrogen-bond acceptors (Lipinski definition) is 3. The van der Waals surface area contributed by atoms with Gasteiger partial charge in [0.2, 0.25) is 0 Å². The van der Waals surface area contributed by atoms with Gasteiger partial charge in [0, 0.05) is 13.0 Å². The highest BCUT2D eigenvalue weighted by atomic mass is 16.5. The van der Waals surface area contributed by atoms with Crippen LogP contribution in [0.4, 0.5) is 0 Å². The van der Waals surface area contributed by atoms with Gasteiger partial charge in [-0.2, -0.15) is 0 Å². The predicted octanol–water partition coefficient (Wildman–Crippen LogP) is 3.30. The van der Waals surface area contributed by atoms with E-state index in [1.54, 1.807) is 0 Å². The molecule has 0 saturated heterocycles. The van der Waals surface area contributed by atoms with Gasteiger partial charge >= 0.3 is 5.97 Å². The van der Waals surface area contributed by atoms with Crippen molar-refractivity contribution in [3.05, 3.63) is 0 Å². The standard InChI is InChI=1S/C14H28O3/c1-4-7-13(9-6-11-15)8-5-10-14(16)17-12(2)3/h12-13,15H,4-11H2,1-3H3. The van der Waals surface area contributed by atoms with E-state index in [4.69, 9.17) is 9.84 Å². The second-order valence-corrected chi connectivity index (χ2v) is 4.95. The fourth-order valence-electron chi connectivity index (χ4n) is 2.08. The summed E-state index contributed by atoms with van der Waals surface area (Å²) in [5.74, 6) is 0.566. The summed E-state index contributed by atoms with van der Waals surface area (Å²) in [7, 11) is 0. The first-order valence-electron chi connectivity index (χ1n) is 6.90. The molecule has 102 valence electrons. The number of carbonyl (C=O) groups is 1. The smallest absolute Gasteiger partial charge is 0.306 e. The zero-order chi connectivity index (χ0) is 13.1. The molecule has 17 heavy (non-hydrogen) atoms. The summed E-state index contributed by atoms with van der Waals surface area (Å²) in [6.07, 6.45) is 6.81. The Balaban J connectivity index is 3.69. The molecule has 0 radical (unpaired) electrons. The minimum Gasteiger partial charge on any atom is -0.463 e. The van der Waals surface area contributed by atoms with Crippen molar-refractivity contribution in [2.24, 2.45) is 5.92 Å². The molecule has 0 saturated carbocycles. The van der Waals surface area contributed by atoms with Gasteiger partial charge in [0.1, 0.15) is 0 Å². The van der Waals surface area contributed by atoms with E-state index < -0.39 is 0 Å². The maximum Gasteiger partial charge on any atom is 0.306 e. The molecule has 0 bridgehead atoms. The Morgan fingerprint density at radius 2 is 1.82 bits per heavy atom. The van der Waals surface area contributed by atoms with Gasteiger partial charge < -0.3 is 9.84 Å². The third kappa shape index (κ3) is 10.3. The van der Waals surface area contributed by atoms with Gasteiger partial charge in [-0.3, -0.25) is 4.79 Å². The van der Waals surface area contributed by atoms with E-state index in [0.29, 0.717) is 12.3 Å². The normalized spacial score (nSPS) is 12.8. The van der Waals surface area contributed by atoms with Crippen LogP contribution >= 0.6 is 0 Å². The molecule has 0 spiro atoms. The van der Waals surface area contributed by atoms with Gasteiger partial charge in [-0.05, 0) is 45.4 Å². The van der Waals surface area contributed by atoms with Gasteiger partial charge in [-0.25, -0.2) is 0 Å². The summed E-state index contributed by atoms with van der Waals surface area (Å²) in [6.45, 7) is 6.20. The van der Waals surface area contributed by atoms with Crippen LogP contribution in [0.25, 0.3) is 0 Å². The lowest BCUT2D eigenvalue weighted by molar-refractivity contribution is -0.147. The van der Waals surface area contributed by atoms with Gasteiger partial charge in [-0.1, -0.05) is 19.8 Å². The quantitative estimate of drug-likeness (QED) is 0.600. The average Bonchev–Trinajstić information content (AvgIpc) is 2.24. The molecule has 0 aliphatic rings. The van der Waals surface area contributed by atoms with Crippen molar-refractivity contribution < 1.29 is 14.6 Å². The van der Waals surface area contributed by atoms with Crippen LogP contribution in [0, 0.1) is 5.92 Å². The monoisotopic (exact) mass is 244 g/mol. The molecular weight excluding hydrogens is 216 g/mol. The number of ether oxygens (including phenoxy) is 1. The first-order chi connectivity index (χ1) is 8.10. The summed E-state index contributed by atoms with van der Waals surface area (Å²) in [5, 5.41) is 8.82. The zero-order valence-electron chi connectivity index (χ0n) is 11.6. The molecule has 0 aromatic heterocycles. The second kappa shape index (κ2) is 10.6. The highest BCUT2D eigenvalue weighted by molar-refractivity contribution is 5.69. The fraction of sp³-hybridized carbons (Fsp3) is 0.929. The van der Waals surface area contributed by atoms with E-state index in [0.717, 1.165) is 25.7 Å². The second-order valence-electron chi connectivity index (χ2n) is 4.95. The Morgan fingerprint density at radius 3 is 2.35 bits per heavy atom. The Kier molecular flexibility index (Phi) is 10.2. The van der Waals surface area contributed by atoms with E-state index >= 15 is 0 Å². The molecule has 1 atom stereocenters.